The summed E-state index contributed by atoms with van der Waals surface area (Å²) in [4.78, 5) is 31.1. The lowest BCUT2D eigenvalue weighted by atomic mass is 10.2. The number of carbonyl (C=O) groups is 1. The van der Waals surface area contributed by atoms with Crippen molar-refractivity contribution in [2.45, 2.75) is 20.3 Å². The van der Waals surface area contributed by atoms with Gasteiger partial charge >= 0.3 is 0 Å². The number of aromatic nitrogens is 2. The van der Waals surface area contributed by atoms with Gasteiger partial charge in [0.15, 0.2) is 5.56 Å². The fourth-order valence-corrected chi connectivity index (χ4v) is 3.13. The van der Waals surface area contributed by atoms with Crippen LogP contribution in [0.5, 0.6) is 5.88 Å². The van der Waals surface area contributed by atoms with Gasteiger partial charge in [0.25, 0.3) is 11.5 Å². The molecule has 146 valence electrons. The normalized spacial score (nSPS) is 10.8. The van der Waals surface area contributed by atoms with Gasteiger partial charge in [0.05, 0.1) is 0 Å². The first-order valence-electron chi connectivity index (χ1n) is 9.31. The molecule has 0 unspecified atom stereocenters. The zero-order valence-electron chi connectivity index (χ0n) is 16.1. The number of nitrogens with zero attached hydrogens (tertiary/aromatic N) is 3. The van der Waals surface area contributed by atoms with Gasteiger partial charge in [0.1, 0.15) is 5.65 Å². The number of anilines is 1. The molecule has 0 saturated carbocycles. The van der Waals surface area contributed by atoms with Gasteiger partial charge < -0.3 is 15.3 Å². The van der Waals surface area contributed by atoms with E-state index in [1.54, 1.807) is 18.2 Å². The van der Waals surface area contributed by atoms with Crippen molar-refractivity contribution in [2.75, 3.05) is 24.5 Å². The number of fused-ring (bicyclic) bond motifs is 1. The summed E-state index contributed by atoms with van der Waals surface area (Å²) >= 11 is 0. The summed E-state index contributed by atoms with van der Waals surface area (Å²) in [5, 5.41) is 12.7. The van der Waals surface area contributed by atoms with Crippen LogP contribution < -0.4 is 15.8 Å². The largest absolute Gasteiger partial charge is 0.493 e. The molecule has 7 nitrogen and oxygen atoms in total. The van der Waals surface area contributed by atoms with Crippen molar-refractivity contribution in [3.05, 3.63) is 70.1 Å². The van der Waals surface area contributed by atoms with Gasteiger partial charge in [-0.2, -0.15) is 4.98 Å². The summed E-state index contributed by atoms with van der Waals surface area (Å²) < 4.78 is 1.24. The van der Waals surface area contributed by atoms with Crippen LogP contribution in [0.2, 0.25) is 0 Å². The van der Waals surface area contributed by atoms with E-state index in [0.717, 1.165) is 18.8 Å². The molecule has 0 atom stereocenters. The van der Waals surface area contributed by atoms with E-state index in [1.807, 2.05) is 6.07 Å². The zero-order chi connectivity index (χ0) is 20.1. The highest BCUT2D eigenvalue weighted by Crippen LogP contribution is 2.16. The molecule has 0 saturated heterocycles. The minimum atomic E-state index is -0.619. The average Bonchev–Trinajstić information content (AvgIpc) is 2.68. The molecule has 3 aromatic rings. The summed E-state index contributed by atoms with van der Waals surface area (Å²) in [6.07, 6.45) is 2.22. The predicted molar refractivity (Wildman–Crippen MR) is 109 cm³/mol. The number of rotatable bonds is 7. The number of aryl methyl sites for hydroxylation is 1. The van der Waals surface area contributed by atoms with Crippen molar-refractivity contribution >= 4 is 17.2 Å². The van der Waals surface area contributed by atoms with Crippen molar-refractivity contribution in [3.63, 3.8) is 0 Å². The SMILES string of the molecule is CCN(CCCNC(=O)c1c(O)nc2ccccn2c1=O)c1cccc(C)c1. The average molecular weight is 380 g/mol. The van der Waals surface area contributed by atoms with Crippen LogP contribution in [-0.4, -0.2) is 40.0 Å². The first-order valence-corrected chi connectivity index (χ1v) is 9.31. The lowest BCUT2D eigenvalue weighted by molar-refractivity contribution is 0.0948. The third kappa shape index (κ3) is 4.14. The van der Waals surface area contributed by atoms with E-state index in [4.69, 9.17) is 0 Å². The van der Waals surface area contributed by atoms with E-state index < -0.39 is 17.3 Å². The standard InChI is InChI=1S/C21H24N4O3/c1-3-24(16-9-6-8-15(2)14-16)12-7-11-22-19(26)18-20(27)23-17-10-4-5-13-25(17)21(18)28/h4-6,8-10,13-14,27H,3,7,11-12H2,1-2H3,(H,22,26). The van der Waals surface area contributed by atoms with Crippen LogP contribution in [0.25, 0.3) is 5.65 Å². The number of aromatic hydroxyl groups is 1. The van der Waals surface area contributed by atoms with Crippen molar-refractivity contribution < 1.29 is 9.90 Å². The highest BCUT2D eigenvalue weighted by Gasteiger charge is 2.19. The van der Waals surface area contributed by atoms with Gasteiger partial charge in [-0.3, -0.25) is 14.0 Å². The van der Waals surface area contributed by atoms with Crippen molar-refractivity contribution in [2.24, 2.45) is 0 Å². The Hall–Kier alpha value is -3.35. The molecular weight excluding hydrogens is 356 g/mol. The minimum absolute atomic E-state index is 0.290. The molecule has 0 spiro atoms. The maximum absolute atomic E-state index is 12.5. The second-order valence-corrected chi connectivity index (χ2v) is 6.57. The van der Waals surface area contributed by atoms with Crippen LogP contribution in [0.3, 0.4) is 0 Å². The summed E-state index contributed by atoms with van der Waals surface area (Å²) in [6, 6.07) is 13.2. The second kappa shape index (κ2) is 8.56. The Labute approximate surface area is 163 Å². The van der Waals surface area contributed by atoms with Crippen LogP contribution in [0.1, 0.15) is 29.3 Å². The molecule has 3 rings (SSSR count). The monoisotopic (exact) mass is 380 g/mol. The number of benzene rings is 1. The number of hydrogen-bond acceptors (Lipinski definition) is 5. The van der Waals surface area contributed by atoms with Gasteiger partial charge in [-0.05, 0) is 50.1 Å². The maximum Gasteiger partial charge on any atom is 0.274 e. The van der Waals surface area contributed by atoms with Gasteiger partial charge in [-0.25, -0.2) is 0 Å². The number of pyridine rings is 1. The molecule has 0 bridgehead atoms. The molecule has 7 heteroatoms. The van der Waals surface area contributed by atoms with E-state index in [9.17, 15) is 14.7 Å². The Bertz CT molecular complexity index is 1050. The Kier molecular flexibility index (Phi) is 5.93. The molecule has 0 aliphatic carbocycles. The van der Waals surface area contributed by atoms with Gasteiger partial charge in [-0.15, -0.1) is 0 Å². The molecule has 2 aromatic heterocycles. The molecule has 2 N–H and O–H groups in total. The fourth-order valence-electron chi connectivity index (χ4n) is 3.13. The third-order valence-electron chi connectivity index (χ3n) is 4.58. The topological polar surface area (TPSA) is 86.9 Å². The smallest absolute Gasteiger partial charge is 0.274 e. The maximum atomic E-state index is 12.5. The van der Waals surface area contributed by atoms with E-state index in [0.29, 0.717) is 18.6 Å². The lowest BCUT2D eigenvalue weighted by Crippen LogP contribution is -2.34. The van der Waals surface area contributed by atoms with Crippen LogP contribution in [-0.2, 0) is 0 Å². The van der Waals surface area contributed by atoms with Crippen molar-refractivity contribution in [1.82, 2.24) is 14.7 Å². The van der Waals surface area contributed by atoms with Gasteiger partial charge in [0, 0.05) is 31.5 Å². The van der Waals surface area contributed by atoms with E-state index >= 15 is 0 Å². The molecule has 1 aromatic carbocycles. The fraction of sp³-hybridized carbons (Fsp3) is 0.286. The number of amides is 1. The summed E-state index contributed by atoms with van der Waals surface area (Å²) in [7, 11) is 0. The highest BCUT2D eigenvalue weighted by atomic mass is 16.3. The van der Waals surface area contributed by atoms with Crippen molar-refractivity contribution in [1.29, 1.82) is 0 Å². The molecule has 0 aliphatic rings. The summed E-state index contributed by atoms with van der Waals surface area (Å²) in [5.74, 6) is -1.17. The molecular formula is C21H24N4O3. The van der Waals surface area contributed by atoms with E-state index in [1.165, 1.54) is 16.2 Å². The molecule has 28 heavy (non-hydrogen) atoms. The number of hydrogen-bond donors (Lipinski definition) is 2. The Balaban J connectivity index is 1.63. The lowest BCUT2D eigenvalue weighted by Gasteiger charge is -2.23. The first kappa shape index (κ1) is 19.4. The Morgan fingerprint density at radius 1 is 1.25 bits per heavy atom. The van der Waals surface area contributed by atoms with Crippen LogP contribution >= 0.6 is 0 Å². The molecule has 0 radical (unpaired) electrons. The van der Waals surface area contributed by atoms with Crippen LogP contribution in [0.4, 0.5) is 5.69 Å². The van der Waals surface area contributed by atoms with Crippen LogP contribution in [0, 0.1) is 6.92 Å². The van der Waals surface area contributed by atoms with E-state index in [2.05, 4.69) is 47.2 Å². The first-order chi connectivity index (χ1) is 13.5. The molecule has 0 aliphatic heterocycles. The Morgan fingerprint density at radius 3 is 2.82 bits per heavy atom. The summed E-state index contributed by atoms with van der Waals surface area (Å²) in [6.45, 7) is 6.15. The number of carbonyl (C=O) groups excluding carboxylic acids is 1. The second-order valence-electron chi connectivity index (χ2n) is 6.57. The van der Waals surface area contributed by atoms with Crippen LogP contribution in [0.15, 0.2) is 53.5 Å². The third-order valence-corrected chi connectivity index (χ3v) is 4.58. The quantitative estimate of drug-likeness (QED) is 0.615. The highest BCUT2D eigenvalue weighted by molar-refractivity contribution is 5.96. The molecule has 0 fully saturated rings. The zero-order valence-corrected chi connectivity index (χ0v) is 16.1. The van der Waals surface area contributed by atoms with E-state index in [-0.39, 0.29) is 5.56 Å². The summed E-state index contributed by atoms with van der Waals surface area (Å²) in [5.41, 5.74) is 1.70. The van der Waals surface area contributed by atoms with Gasteiger partial charge in [0.2, 0.25) is 5.88 Å². The van der Waals surface area contributed by atoms with Crippen molar-refractivity contribution in [3.8, 4) is 5.88 Å². The molecule has 2 heterocycles. The predicted octanol–water partition coefficient (Wildman–Crippen LogP) is 2.35. The molecule has 1 amide bonds. The Morgan fingerprint density at radius 2 is 2.07 bits per heavy atom. The minimum Gasteiger partial charge on any atom is -0.493 e. The van der Waals surface area contributed by atoms with Gasteiger partial charge in [-0.1, -0.05) is 18.2 Å². The number of nitrogens with one attached hydrogen (secondary N) is 1.